The number of hydrogen-bond donors (Lipinski definition) is 32. The van der Waals surface area contributed by atoms with E-state index in [9.17, 15) is 162 Å². The number of hydrogen-bond acceptors (Lipinski definition) is 51. The Morgan fingerprint density at radius 3 is 0.683 bits per heavy atom. The van der Waals surface area contributed by atoms with Crippen LogP contribution in [0.3, 0.4) is 0 Å². The van der Waals surface area contributed by atoms with Gasteiger partial charge in [0.05, 0.1) is 66.1 Å². The second-order valence-electron chi connectivity index (χ2n) is 31.0. The molecule has 10 fully saturated rings. The van der Waals surface area contributed by atoms with Gasteiger partial charge in [0, 0.05) is 27.7 Å². The van der Waals surface area contributed by atoms with Crippen molar-refractivity contribution in [3.8, 4) is 0 Å². The molecule has 55 heteroatoms. The molecular weight excluding hydrogens is 1690 g/mol. The lowest BCUT2D eigenvalue weighted by Gasteiger charge is -2.51. The molecule has 0 bridgehead atoms. The Morgan fingerprint density at radius 2 is 0.423 bits per heavy atom. The van der Waals surface area contributed by atoms with E-state index in [2.05, 4.69) is 21.3 Å². The van der Waals surface area contributed by atoms with Crippen molar-refractivity contribution in [2.24, 2.45) is 0 Å². The van der Waals surface area contributed by atoms with E-state index in [4.69, 9.17) is 90.0 Å². The summed E-state index contributed by atoms with van der Waals surface area (Å²) in [5.74, 6) is -3.84. The van der Waals surface area contributed by atoms with Crippen molar-refractivity contribution in [3.05, 3.63) is 0 Å². The first-order chi connectivity index (χ1) is 58.2. The predicted octanol–water partition coefficient (Wildman–Crippen LogP) is -22.2. The fourth-order valence-corrected chi connectivity index (χ4v) is 15.9. The molecule has 0 aliphatic carbocycles. The Labute approximate surface area is 695 Å². The molecule has 1 unspecified atom stereocenters. The van der Waals surface area contributed by atoms with E-state index in [1.54, 1.807) is 0 Å². The molecule has 10 aliphatic heterocycles. The molecule has 50 atom stereocenters. The molecule has 32 N–H and O–H groups in total. The van der Waals surface area contributed by atoms with E-state index in [-0.39, 0.29) is 0 Å². The Bertz CT molecular complexity index is 3300. The maximum atomic E-state index is 13.4. The molecule has 0 aromatic heterocycles. The van der Waals surface area contributed by atoms with Crippen LogP contribution in [0.15, 0.2) is 0 Å². The summed E-state index contributed by atoms with van der Waals surface area (Å²) in [5.41, 5.74) is 0. The normalized spacial score (nSPS) is 49.4. The van der Waals surface area contributed by atoms with Gasteiger partial charge >= 0.3 is 0 Å². The minimum absolute atomic E-state index is 0.879. The number of rotatable bonds is 32. The summed E-state index contributed by atoms with van der Waals surface area (Å²) in [6, 6.07) is -7.76. The van der Waals surface area contributed by atoms with Gasteiger partial charge < -0.3 is 254 Å². The molecule has 0 spiro atoms. The number of amides is 4. The molecule has 10 rings (SSSR count). The van der Waals surface area contributed by atoms with Crippen LogP contribution in [-0.2, 0) is 109 Å². The minimum Gasteiger partial charge on any atom is -0.394 e. The highest BCUT2D eigenvalue weighted by molar-refractivity contribution is 5.74. The number of aliphatic hydroxyl groups is 28. The number of carbonyl (C=O) groups excluding carboxylic acids is 4. The average Bonchev–Trinajstić information content (AvgIpc) is 0.757. The van der Waals surface area contributed by atoms with Crippen molar-refractivity contribution < 1.29 is 252 Å². The van der Waals surface area contributed by atoms with Crippen molar-refractivity contribution in [1.82, 2.24) is 21.3 Å². The quantitative estimate of drug-likeness (QED) is 0.0297. The summed E-state index contributed by atoms with van der Waals surface area (Å²) in [7, 11) is 0. The number of nitrogens with one attached hydrogen (secondary N) is 4. The summed E-state index contributed by atoms with van der Waals surface area (Å²) >= 11 is 0. The highest BCUT2D eigenvalue weighted by Gasteiger charge is 2.62. The fraction of sp³-hybridized carbons (Fsp3) is 0.941. The predicted molar refractivity (Wildman–Crippen MR) is 376 cm³/mol. The molecule has 10 heterocycles. The zero-order chi connectivity index (χ0) is 90.5. The lowest BCUT2D eigenvalue weighted by atomic mass is 9.93. The maximum absolute atomic E-state index is 13.4. The summed E-state index contributed by atoms with van der Waals surface area (Å²) in [6.45, 7) is -7.08. The zero-order valence-electron chi connectivity index (χ0n) is 65.9. The second kappa shape index (κ2) is 44.3. The van der Waals surface area contributed by atoms with Gasteiger partial charge in [-0.2, -0.15) is 0 Å². The van der Waals surface area contributed by atoms with Crippen LogP contribution in [-0.4, -0.2) is 539 Å². The first-order valence-corrected chi connectivity index (χ1v) is 39.1. The third-order valence-electron chi connectivity index (χ3n) is 22.4. The number of carbonyl (C=O) groups is 4. The fourth-order valence-electron chi connectivity index (χ4n) is 15.9. The van der Waals surface area contributed by atoms with E-state index >= 15 is 0 Å². The highest BCUT2D eigenvalue weighted by Crippen LogP contribution is 2.40. The molecule has 55 nitrogen and oxygen atoms in total. The van der Waals surface area contributed by atoms with Crippen LogP contribution in [0.25, 0.3) is 0 Å². The van der Waals surface area contributed by atoms with Crippen LogP contribution < -0.4 is 21.3 Å². The zero-order valence-corrected chi connectivity index (χ0v) is 65.9. The molecule has 4 amide bonds. The third-order valence-corrected chi connectivity index (χ3v) is 22.4. The van der Waals surface area contributed by atoms with Crippen LogP contribution in [0.2, 0.25) is 0 Å². The van der Waals surface area contributed by atoms with Gasteiger partial charge in [-0.15, -0.1) is 0 Å². The molecule has 123 heavy (non-hydrogen) atoms. The Balaban J connectivity index is 0.951. The summed E-state index contributed by atoms with van der Waals surface area (Å²) < 4.78 is 112. The van der Waals surface area contributed by atoms with E-state index in [0.29, 0.717) is 0 Å². The SMILES string of the molecule is CC(=O)N[C@H]1[C@H](OC[C@H]2O[C@@H](O[C@H]3[C@H](O)[C@@H](NC(C)=O)[C@H](O[C@H]4[C@@H](O)[C@@H](CO[C@@H]5O[C@H](CO)[C@@H](O[C@@H]6O[C@H](CO)[C@H](O)[C@H](O)[C@H]6O)[C@H](O)[C@H]5NC(C)=O)O[C@@H](O[C@H]5[C@H](O)[C@@H](O)C(O)O[C@@H]5CO)[C@@H]4O)O[C@@H]3CO)[C@H](O)[C@@H](O[C@@H]3O[C@H](CO)[C@@H](O[C@@H]4O[C@H](CO)[C@H](O)[C@H](O)[C@H]4O)[C@H](O)[C@H]3NC(C)=O)[C@H]2O)O[C@H](CO)[C@@H](O[C@@H]2O[C@H](CO)[C@H](O)[C@@H](O)[C@H]2O)[C@@H]1O. The topological polar surface area (TPSA) is 858 Å². The van der Waals surface area contributed by atoms with Crippen LogP contribution in [0.1, 0.15) is 27.7 Å². The van der Waals surface area contributed by atoms with Crippen LogP contribution in [0, 0.1) is 0 Å². The largest absolute Gasteiger partial charge is 0.394 e. The molecule has 712 valence electrons. The lowest BCUT2D eigenvalue weighted by molar-refractivity contribution is -0.390. The first kappa shape index (κ1) is 101. The van der Waals surface area contributed by atoms with E-state index < -0.39 is 397 Å². The van der Waals surface area contributed by atoms with Crippen molar-refractivity contribution >= 4 is 23.6 Å². The van der Waals surface area contributed by atoms with Gasteiger partial charge in [0.15, 0.2) is 62.9 Å². The van der Waals surface area contributed by atoms with Crippen LogP contribution >= 0.6 is 0 Å². The van der Waals surface area contributed by atoms with Crippen LogP contribution in [0.4, 0.5) is 0 Å². The summed E-state index contributed by atoms with van der Waals surface area (Å²) in [6.07, 6.45) is -95.3. The van der Waals surface area contributed by atoms with E-state index in [1.165, 1.54) is 0 Å². The van der Waals surface area contributed by atoms with E-state index in [1.807, 2.05) is 0 Å². The molecule has 0 saturated carbocycles. The van der Waals surface area contributed by atoms with Crippen molar-refractivity contribution in [3.63, 3.8) is 0 Å². The van der Waals surface area contributed by atoms with Gasteiger partial charge in [-0.3, -0.25) is 19.2 Å². The average molecular weight is 1800 g/mol. The lowest BCUT2D eigenvalue weighted by Crippen LogP contribution is -2.71. The molecule has 0 aromatic carbocycles. The maximum Gasteiger partial charge on any atom is 0.217 e. The summed E-state index contributed by atoms with van der Waals surface area (Å²) in [5, 5.41) is 319. The van der Waals surface area contributed by atoms with Gasteiger partial charge in [-0.1, -0.05) is 0 Å². The minimum atomic E-state index is -2.55. The summed E-state index contributed by atoms with van der Waals surface area (Å²) in [4.78, 5) is 52.1. The first-order valence-electron chi connectivity index (χ1n) is 39.1. The Kier molecular flexibility index (Phi) is 36.4. The molecule has 10 aliphatic rings. The number of ether oxygens (including phenoxy) is 19. The van der Waals surface area contributed by atoms with Gasteiger partial charge in [0.1, 0.15) is 244 Å². The van der Waals surface area contributed by atoms with Gasteiger partial charge in [0.25, 0.3) is 0 Å². The van der Waals surface area contributed by atoms with Gasteiger partial charge in [-0.25, -0.2) is 0 Å². The standard InChI is InChI=1S/C68H114N4O51/c1-15(81)69-29-38(90)52(117-64-47(99)42(94)33(85)19(5-73)108-64)23(9-77)111-60(29)105-13-27-36(88)57(122-62-31(71-17(3)83)40(92)54(25(11-79)113-62)119-66-49(101)44(96)35(87)21(7-75)110-66)50(102)67(115-27)120-55-26(12-80)114-63(32(41(55)93)72-18(4)84)123-58-37(89)28(116-68(51(58)103)121-56-22(8-76)107-59(104)46(98)45(56)97)14-106-61-30(70-16(2)82)39(91)53(24(10-78)112-61)118-65-48(100)43(95)34(86)20(6-74)109-65/h19-68,73-80,85-104H,5-14H2,1-4H3,(H,69,81)(H,70,82)(H,71,83)(H,72,84)/t19-,20-,21-,22-,23-,24-,25-,26-,27-,28-,29-,30-,31-,32-,33+,34+,35+,36+,37+,38-,39-,40-,41-,42-,43+,44+,45-,46-,47-,48-,49-,50-,51-,52-,53-,54-,55-,56-,57+,58+,59?,60-,61-,62+,63+,64+,65+,66+,67+,68+/m1/s1. The van der Waals surface area contributed by atoms with E-state index in [0.717, 1.165) is 27.7 Å². The smallest absolute Gasteiger partial charge is 0.217 e. The molecule has 0 radical (unpaired) electrons. The Morgan fingerprint density at radius 1 is 0.211 bits per heavy atom. The monoisotopic (exact) mass is 1800 g/mol. The third kappa shape index (κ3) is 22.4. The molecule has 10 saturated heterocycles. The van der Waals surface area contributed by atoms with Crippen molar-refractivity contribution in [1.29, 1.82) is 0 Å². The van der Waals surface area contributed by atoms with Crippen molar-refractivity contribution in [2.45, 2.75) is 335 Å². The Hall–Kier alpha value is -4.00. The number of aliphatic hydroxyl groups excluding tert-OH is 28. The molecular formula is C68H114N4O51. The second-order valence-corrected chi connectivity index (χ2v) is 31.0. The van der Waals surface area contributed by atoms with Gasteiger partial charge in [0.2, 0.25) is 23.6 Å². The van der Waals surface area contributed by atoms with Crippen LogP contribution in [0.5, 0.6) is 0 Å². The van der Waals surface area contributed by atoms with Crippen molar-refractivity contribution in [2.75, 3.05) is 66.1 Å². The highest BCUT2D eigenvalue weighted by atomic mass is 16.8. The van der Waals surface area contributed by atoms with Gasteiger partial charge in [-0.05, 0) is 0 Å². The molecule has 0 aromatic rings.